The smallest absolute Gasteiger partial charge is 0.387 e. The summed E-state index contributed by atoms with van der Waals surface area (Å²) in [5, 5.41) is 11.9. The fraction of sp³-hybridized carbons (Fsp3) is 0.469. The molecule has 2 amide bonds. The standard InChI is InChI=1S/C32H38F2N8O4S/c1-21(2)47-23-4-5-27(46-32(33)34)24(16-23)29-26(37-31(44)25-17-36-42-9-3-8-35-30(25)42)19-41(38-29)20-28(43)40-12-10-39(11-13-40)18-22-6-14-45-15-7-22/h3-5,8-9,16-17,19,21-22,32H,6-7,10-15,18,20H2,1-2H3,(H,37,44). The molecule has 6 rings (SSSR count). The van der Waals surface area contributed by atoms with Gasteiger partial charge in [-0.2, -0.15) is 19.0 Å². The second-order valence-corrected chi connectivity index (χ2v) is 13.6. The minimum Gasteiger partial charge on any atom is -0.434 e. The Balaban J connectivity index is 1.25. The molecule has 250 valence electrons. The summed E-state index contributed by atoms with van der Waals surface area (Å²) in [6.45, 7) is 6.29. The van der Waals surface area contributed by atoms with Crippen molar-refractivity contribution in [3.05, 3.63) is 54.6 Å². The largest absolute Gasteiger partial charge is 0.434 e. The maximum absolute atomic E-state index is 13.5. The number of nitrogens with one attached hydrogen (secondary N) is 1. The highest BCUT2D eigenvalue weighted by atomic mass is 32.2. The van der Waals surface area contributed by atoms with E-state index in [1.54, 1.807) is 48.6 Å². The molecule has 0 unspecified atom stereocenters. The first-order valence-corrected chi connectivity index (χ1v) is 16.6. The van der Waals surface area contributed by atoms with E-state index in [0.717, 1.165) is 50.6 Å². The highest BCUT2D eigenvalue weighted by Gasteiger charge is 2.26. The Morgan fingerprint density at radius 1 is 1.15 bits per heavy atom. The molecule has 12 nitrogen and oxygen atoms in total. The second kappa shape index (κ2) is 14.8. The summed E-state index contributed by atoms with van der Waals surface area (Å²) in [6, 6.07) is 6.58. The molecule has 2 aliphatic heterocycles. The van der Waals surface area contributed by atoms with Crippen LogP contribution in [-0.4, -0.2) is 104 Å². The van der Waals surface area contributed by atoms with Gasteiger partial charge in [0, 0.05) is 80.2 Å². The van der Waals surface area contributed by atoms with Crippen molar-refractivity contribution in [1.29, 1.82) is 0 Å². The van der Waals surface area contributed by atoms with Crippen LogP contribution in [0.1, 0.15) is 37.0 Å². The highest BCUT2D eigenvalue weighted by molar-refractivity contribution is 7.99. The summed E-state index contributed by atoms with van der Waals surface area (Å²) >= 11 is 1.55. The van der Waals surface area contributed by atoms with Gasteiger partial charge in [0.2, 0.25) is 5.91 Å². The van der Waals surface area contributed by atoms with Crippen molar-refractivity contribution in [1.82, 2.24) is 34.2 Å². The van der Waals surface area contributed by atoms with E-state index in [1.165, 1.54) is 21.5 Å². The van der Waals surface area contributed by atoms with Gasteiger partial charge in [0.1, 0.15) is 23.6 Å². The SMILES string of the molecule is CC(C)Sc1ccc(OC(F)F)c(-c2nn(CC(=O)N3CCN(CC4CCOCC4)CC3)cc2NC(=O)c2cnn3cccnc23)c1. The third-order valence-electron chi connectivity index (χ3n) is 8.21. The molecule has 0 atom stereocenters. The Morgan fingerprint density at radius 3 is 2.68 bits per heavy atom. The number of amides is 2. The van der Waals surface area contributed by atoms with E-state index in [4.69, 9.17) is 9.47 Å². The number of carbonyl (C=O) groups is 2. The third-order valence-corrected chi connectivity index (χ3v) is 9.20. The number of ether oxygens (including phenoxy) is 2. The fourth-order valence-corrected chi connectivity index (χ4v) is 6.80. The molecule has 1 N–H and O–H groups in total. The average molecular weight is 669 g/mol. The van der Waals surface area contributed by atoms with Crippen molar-refractivity contribution in [3.8, 4) is 17.0 Å². The first kappa shape index (κ1) is 32.8. The number of rotatable bonds is 11. The number of nitrogens with zero attached hydrogens (tertiary/aromatic N) is 7. The van der Waals surface area contributed by atoms with Crippen molar-refractivity contribution < 1.29 is 27.8 Å². The predicted molar refractivity (Wildman–Crippen MR) is 173 cm³/mol. The zero-order chi connectivity index (χ0) is 32.9. The van der Waals surface area contributed by atoms with E-state index in [9.17, 15) is 18.4 Å². The van der Waals surface area contributed by atoms with Gasteiger partial charge >= 0.3 is 6.61 Å². The molecular formula is C32H38F2N8O4S. The van der Waals surface area contributed by atoms with Crippen LogP contribution in [0.25, 0.3) is 16.9 Å². The molecule has 0 radical (unpaired) electrons. The normalized spacial score (nSPS) is 16.3. The van der Waals surface area contributed by atoms with E-state index in [0.29, 0.717) is 24.7 Å². The summed E-state index contributed by atoms with van der Waals surface area (Å²) in [5.41, 5.74) is 1.25. The van der Waals surface area contributed by atoms with Crippen LogP contribution >= 0.6 is 11.8 Å². The minimum atomic E-state index is -3.07. The summed E-state index contributed by atoms with van der Waals surface area (Å²) < 4.78 is 40.3. The lowest BCUT2D eigenvalue weighted by Gasteiger charge is -2.37. The zero-order valence-electron chi connectivity index (χ0n) is 26.3. The van der Waals surface area contributed by atoms with Crippen molar-refractivity contribution in [2.45, 2.75) is 50.0 Å². The number of piperazine rings is 1. The van der Waals surface area contributed by atoms with Gasteiger partial charge in [-0.3, -0.25) is 19.2 Å². The summed E-state index contributed by atoms with van der Waals surface area (Å²) in [6.07, 6.45) is 8.30. The van der Waals surface area contributed by atoms with Gasteiger partial charge in [-0.1, -0.05) is 13.8 Å². The van der Waals surface area contributed by atoms with Crippen LogP contribution in [-0.2, 0) is 16.1 Å². The van der Waals surface area contributed by atoms with Crippen molar-refractivity contribution >= 4 is 34.9 Å². The Bertz CT molecular complexity index is 1700. The molecule has 0 bridgehead atoms. The van der Waals surface area contributed by atoms with Crippen LogP contribution in [0.2, 0.25) is 0 Å². The van der Waals surface area contributed by atoms with Crippen LogP contribution < -0.4 is 10.1 Å². The van der Waals surface area contributed by atoms with Crippen LogP contribution in [0.5, 0.6) is 5.75 Å². The monoisotopic (exact) mass is 668 g/mol. The summed E-state index contributed by atoms with van der Waals surface area (Å²) in [4.78, 5) is 36.3. The number of hydrogen-bond donors (Lipinski definition) is 1. The van der Waals surface area contributed by atoms with Crippen molar-refractivity contribution in [2.24, 2.45) is 5.92 Å². The zero-order valence-corrected chi connectivity index (χ0v) is 27.2. The van der Waals surface area contributed by atoms with Gasteiger partial charge in [0.05, 0.1) is 11.9 Å². The van der Waals surface area contributed by atoms with Crippen LogP contribution in [0.15, 0.2) is 53.9 Å². The molecule has 5 heterocycles. The summed E-state index contributed by atoms with van der Waals surface area (Å²) in [5.74, 6) is -0.119. The maximum atomic E-state index is 13.5. The third kappa shape index (κ3) is 8.08. The lowest BCUT2D eigenvalue weighted by atomic mass is 9.99. The number of carbonyl (C=O) groups excluding carboxylic acids is 2. The molecule has 2 aliphatic rings. The number of alkyl halides is 2. The van der Waals surface area contributed by atoms with Gasteiger partial charge in [-0.05, 0) is 43.0 Å². The van der Waals surface area contributed by atoms with Gasteiger partial charge in [-0.15, -0.1) is 11.8 Å². The lowest BCUT2D eigenvalue weighted by Crippen LogP contribution is -2.50. The van der Waals surface area contributed by atoms with Gasteiger partial charge in [-0.25, -0.2) is 9.50 Å². The lowest BCUT2D eigenvalue weighted by molar-refractivity contribution is -0.133. The predicted octanol–water partition coefficient (Wildman–Crippen LogP) is 4.52. The Labute approximate surface area is 275 Å². The highest BCUT2D eigenvalue weighted by Crippen LogP contribution is 2.39. The number of fused-ring (bicyclic) bond motifs is 1. The summed E-state index contributed by atoms with van der Waals surface area (Å²) in [7, 11) is 0. The topological polar surface area (TPSA) is 119 Å². The molecule has 2 saturated heterocycles. The van der Waals surface area contributed by atoms with Crippen molar-refractivity contribution in [3.63, 3.8) is 0 Å². The van der Waals surface area contributed by atoms with Crippen LogP contribution in [0.4, 0.5) is 14.5 Å². The van der Waals surface area contributed by atoms with Gasteiger partial charge in [0.15, 0.2) is 5.65 Å². The molecule has 3 aromatic heterocycles. The Hall–Kier alpha value is -4.08. The quantitative estimate of drug-likeness (QED) is 0.230. The van der Waals surface area contributed by atoms with Crippen LogP contribution in [0, 0.1) is 5.92 Å². The molecule has 4 aromatic rings. The van der Waals surface area contributed by atoms with Crippen LogP contribution in [0.3, 0.4) is 0 Å². The molecule has 0 saturated carbocycles. The van der Waals surface area contributed by atoms with E-state index in [2.05, 4.69) is 25.4 Å². The number of anilines is 1. The molecule has 47 heavy (non-hydrogen) atoms. The van der Waals surface area contributed by atoms with E-state index >= 15 is 0 Å². The Morgan fingerprint density at radius 2 is 1.94 bits per heavy atom. The molecule has 15 heteroatoms. The average Bonchev–Trinajstić information content (AvgIpc) is 3.66. The molecule has 0 spiro atoms. The fourth-order valence-electron chi connectivity index (χ4n) is 5.92. The molecular weight excluding hydrogens is 630 g/mol. The number of aromatic nitrogens is 5. The number of thioether (sulfide) groups is 1. The van der Waals surface area contributed by atoms with E-state index in [-0.39, 0.29) is 46.0 Å². The first-order valence-electron chi connectivity index (χ1n) is 15.7. The number of benzene rings is 1. The molecule has 2 fully saturated rings. The maximum Gasteiger partial charge on any atom is 0.387 e. The molecule has 1 aromatic carbocycles. The number of hydrogen-bond acceptors (Lipinski definition) is 9. The number of halogens is 2. The molecule has 0 aliphatic carbocycles. The van der Waals surface area contributed by atoms with Crippen molar-refractivity contribution in [2.75, 3.05) is 51.3 Å². The van der Waals surface area contributed by atoms with E-state index < -0.39 is 12.5 Å². The Kier molecular flexibility index (Phi) is 10.3. The second-order valence-electron chi connectivity index (χ2n) is 11.9. The van der Waals surface area contributed by atoms with Gasteiger partial charge < -0.3 is 19.7 Å². The van der Waals surface area contributed by atoms with Gasteiger partial charge in [0.25, 0.3) is 5.91 Å². The van der Waals surface area contributed by atoms with E-state index in [1.807, 2.05) is 18.7 Å². The minimum absolute atomic E-state index is 0.0907. The first-order chi connectivity index (χ1) is 22.7.